The average molecular weight is 377 g/mol. The molecule has 0 saturated heterocycles. The Labute approximate surface area is 139 Å². The molecule has 0 unspecified atom stereocenters. The Balaban J connectivity index is -0.000000750. The average Bonchev–Trinajstić information content (AvgIpc) is 2.00. The van der Waals surface area contributed by atoms with Crippen molar-refractivity contribution in [3.63, 3.8) is 0 Å². The van der Waals surface area contributed by atoms with Crippen LogP contribution in [0.25, 0.3) is 0 Å². The number of rotatable bonds is 3. The van der Waals surface area contributed by atoms with Crippen molar-refractivity contribution >= 4 is 35.9 Å². The van der Waals surface area contributed by atoms with Crippen LogP contribution in [0, 0.1) is 5.16 Å². The van der Waals surface area contributed by atoms with E-state index in [-0.39, 0.29) is 44.6 Å². The summed E-state index contributed by atoms with van der Waals surface area (Å²) >= 11 is 0. The molecule has 102 valence electrons. The second kappa shape index (κ2) is 8.87. The van der Waals surface area contributed by atoms with Gasteiger partial charge in [0.1, 0.15) is 0 Å². The molecule has 1 nitrogen and oxygen atoms in total. The fourth-order valence-electron chi connectivity index (χ4n) is 2.40. The zero-order valence-electron chi connectivity index (χ0n) is 12.1. The molecule has 1 heterocycles. The van der Waals surface area contributed by atoms with Crippen molar-refractivity contribution in [3.8, 4) is 0 Å². The van der Waals surface area contributed by atoms with Gasteiger partial charge in [-0.25, -0.2) is 0 Å². The monoisotopic (exact) mass is 375 g/mol. The van der Waals surface area contributed by atoms with Gasteiger partial charge in [-0.05, 0) is 12.1 Å². The van der Waals surface area contributed by atoms with Gasteiger partial charge in [-0.2, -0.15) is 0 Å². The van der Waals surface area contributed by atoms with Crippen molar-refractivity contribution in [1.29, 1.82) is 0 Å². The molecule has 1 aromatic heterocycles. The third-order valence-electron chi connectivity index (χ3n) is 2.42. The minimum atomic E-state index is -1.25. The van der Waals surface area contributed by atoms with E-state index in [2.05, 4.69) is 56.4 Å². The topological polar surface area (TPSA) is 12.9 Å². The van der Waals surface area contributed by atoms with Gasteiger partial charge in [0, 0.05) is 36.8 Å². The van der Waals surface area contributed by atoms with Crippen LogP contribution in [0.15, 0.2) is 24.4 Å². The quantitative estimate of drug-likeness (QED) is 0.527. The molecule has 0 aliphatic rings. The van der Waals surface area contributed by atoms with Crippen LogP contribution in [0.4, 0.5) is 0 Å². The van der Waals surface area contributed by atoms with Crippen LogP contribution in [-0.4, -0.2) is 40.9 Å². The number of hydrogen-bond donors (Lipinski definition) is 0. The van der Waals surface area contributed by atoms with Crippen LogP contribution < -0.4 is 24.8 Å². The first kappa shape index (κ1) is 23.9. The molecule has 0 spiro atoms. The predicted octanol–water partition coefficient (Wildman–Crippen LogP) is -2.61. The first-order chi connectivity index (χ1) is 6.73. The standard InChI is InChI=1S/C12H22NSi2.2ClH.Ga/c1-14(2,3)12(15(4,5)6)11-9-7-8-10-13-11;;;/h7-10H,1-6H3;2*1H;/p-2. The molecule has 0 fully saturated rings. The van der Waals surface area contributed by atoms with E-state index in [0.29, 0.717) is 0 Å². The van der Waals surface area contributed by atoms with E-state index in [9.17, 15) is 0 Å². The summed E-state index contributed by atoms with van der Waals surface area (Å²) in [7, 11) is -2.49. The number of hydrogen-bond acceptors (Lipinski definition) is 1. The van der Waals surface area contributed by atoms with Crippen molar-refractivity contribution in [2.24, 2.45) is 0 Å². The van der Waals surface area contributed by atoms with Crippen molar-refractivity contribution in [2.45, 2.75) is 39.3 Å². The van der Waals surface area contributed by atoms with Crippen LogP contribution in [-0.2, 0) is 0 Å². The van der Waals surface area contributed by atoms with Crippen LogP contribution in [0.5, 0.6) is 0 Å². The van der Waals surface area contributed by atoms with Crippen LogP contribution in [0.2, 0.25) is 39.3 Å². The summed E-state index contributed by atoms with van der Waals surface area (Å²) in [6.45, 7) is 14.6. The van der Waals surface area contributed by atoms with Gasteiger partial charge in [0.2, 0.25) is 0 Å². The molecule has 0 saturated carbocycles. The fourth-order valence-corrected chi connectivity index (χ4v) is 13.2. The molecule has 4 radical (unpaired) electrons. The Morgan fingerprint density at radius 3 is 1.61 bits per heavy atom. The van der Waals surface area contributed by atoms with E-state index < -0.39 is 16.1 Å². The van der Waals surface area contributed by atoms with Crippen molar-refractivity contribution in [1.82, 2.24) is 4.98 Å². The Morgan fingerprint density at radius 2 is 1.33 bits per heavy atom. The van der Waals surface area contributed by atoms with Gasteiger partial charge in [0.25, 0.3) is 0 Å². The minimum absolute atomic E-state index is 0. The molecule has 18 heavy (non-hydrogen) atoms. The maximum absolute atomic E-state index is 4.54. The summed E-state index contributed by atoms with van der Waals surface area (Å²) in [6, 6.07) is 6.27. The van der Waals surface area contributed by atoms with Gasteiger partial charge < -0.3 is 24.8 Å². The largest absolute Gasteiger partial charge is 1.00 e. The number of pyridine rings is 1. The number of nitrogens with zero attached hydrogens (tertiary/aromatic N) is 1. The SMILES string of the molecule is C[Si](C)(C)[C](c1ccccn1)[Si](C)(C)C.[Cl-].[Cl-].[Ga]. The molecule has 0 aliphatic heterocycles. The van der Waals surface area contributed by atoms with Crippen molar-refractivity contribution in [2.75, 3.05) is 0 Å². The summed E-state index contributed by atoms with van der Waals surface area (Å²) in [5, 5.41) is 1.69. The molecule has 0 bridgehead atoms. The maximum Gasteiger partial charge on any atom is 0.0552 e. The first-order valence-corrected chi connectivity index (χ1v) is 12.5. The smallest absolute Gasteiger partial charge is 0.0552 e. The molecule has 0 atom stereocenters. The Hall–Kier alpha value is 0.800. The molecule has 0 aliphatic carbocycles. The third-order valence-corrected chi connectivity index (χ3v) is 10.4. The molecule has 0 N–H and O–H groups in total. The van der Waals surface area contributed by atoms with Gasteiger partial charge in [-0.3, -0.25) is 4.98 Å². The van der Waals surface area contributed by atoms with E-state index in [1.807, 2.05) is 12.3 Å². The summed E-state index contributed by atoms with van der Waals surface area (Å²) in [4.78, 5) is 4.54. The first-order valence-electron chi connectivity index (χ1n) is 5.52. The molecular weight excluding hydrogens is 355 g/mol. The van der Waals surface area contributed by atoms with Crippen molar-refractivity contribution in [3.05, 3.63) is 35.3 Å². The summed E-state index contributed by atoms with van der Waals surface area (Å²) in [5.41, 5.74) is 1.25. The van der Waals surface area contributed by atoms with Gasteiger partial charge in [0.05, 0.1) is 16.1 Å². The molecule has 0 amide bonds. The van der Waals surface area contributed by atoms with E-state index in [1.54, 1.807) is 5.16 Å². The van der Waals surface area contributed by atoms with E-state index in [1.165, 1.54) is 5.69 Å². The third kappa shape index (κ3) is 6.82. The van der Waals surface area contributed by atoms with E-state index in [4.69, 9.17) is 0 Å². The second-order valence-corrected chi connectivity index (χ2v) is 16.6. The Bertz CT molecular complexity index is 309. The van der Waals surface area contributed by atoms with E-state index >= 15 is 0 Å². The van der Waals surface area contributed by atoms with Crippen LogP contribution in [0.1, 0.15) is 5.69 Å². The van der Waals surface area contributed by atoms with Gasteiger partial charge >= 0.3 is 0 Å². The number of aromatic nitrogens is 1. The maximum atomic E-state index is 4.54. The molecule has 6 heteroatoms. The van der Waals surface area contributed by atoms with Crippen LogP contribution >= 0.6 is 0 Å². The summed E-state index contributed by atoms with van der Waals surface area (Å²) in [5.74, 6) is 0. The number of halogens is 2. The van der Waals surface area contributed by atoms with Gasteiger partial charge in [-0.15, -0.1) is 0 Å². The molecular formula is C12H22Cl2GaNSi2-2. The fraction of sp³-hybridized carbons (Fsp3) is 0.500. The Kier molecular flexibility index (Phi) is 11.8. The minimum Gasteiger partial charge on any atom is -1.00 e. The van der Waals surface area contributed by atoms with Crippen molar-refractivity contribution < 1.29 is 24.8 Å². The zero-order chi connectivity index (χ0) is 11.7. The van der Waals surface area contributed by atoms with Crippen LogP contribution in [0.3, 0.4) is 0 Å². The summed E-state index contributed by atoms with van der Waals surface area (Å²) in [6.07, 6.45) is 1.91. The van der Waals surface area contributed by atoms with E-state index in [0.717, 1.165) is 0 Å². The molecule has 1 aromatic rings. The normalized spacial score (nSPS) is 11.1. The van der Waals surface area contributed by atoms with Gasteiger partial charge in [-0.1, -0.05) is 45.3 Å². The molecule has 0 aromatic carbocycles. The Morgan fingerprint density at radius 1 is 0.889 bits per heavy atom. The second-order valence-electron chi connectivity index (χ2n) is 6.09. The zero-order valence-corrected chi connectivity index (χ0v) is 18.0. The molecule has 1 rings (SSSR count). The predicted molar refractivity (Wildman–Crippen MR) is 79.0 cm³/mol. The van der Waals surface area contributed by atoms with Gasteiger partial charge in [0.15, 0.2) is 0 Å². The summed E-state index contributed by atoms with van der Waals surface area (Å²) < 4.78 is 0.